The first-order valence-corrected chi connectivity index (χ1v) is 5.65. The van der Waals surface area contributed by atoms with Crippen LogP contribution in [-0.4, -0.2) is 19.7 Å². The summed E-state index contributed by atoms with van der Waals surface area (Å²) in [6.45, 7) is 6.15. The average molecular weight is 226 g/mol. The van der Waals surface area contributed by atoms with Crippen LogP contribution in [-0.2, 0) is 0 Å². The number of aryl methyl sites for hydroxylation is 1. The van der Waals surface area contributed by atoms with Crippen molar-refractivity contribution in [1.82, 2.24) is 19.7 Å². The highest BCUT2D eigenvalue weighted by Gasteiger charge is 2.11. The first-order valence-electron chi connectivity index (χ1n) is 5.65. The summed E-state index contributed by atoms with van der Waals surface area (Å²) in [5.41, 5.74) is 5.38. The number of rotatable bonds is 1. The van der Waals surface area contributed by atoms with Gasteiger partial charge in [0.2, 0.25) is 5.95 Å². The van der Waals surface area contributed by atoms with E-state index in [2.05, 4.69) is 28.9 Å². The van der Waals surface area contributed by atoms with Crippen LogP contribution in [0.5, 0.6) is 0 Å². The van der Waals surface area contributed by atoms with E-state index < -0.39 is 0 Å². The van der Waals surface area contributed by atoms with Gasteiger partial charge in [-0.05, 0) is 38.5 Å². The largest absolute Gasteiger partial charge is 0.322 e. The molecule has 86 valence electrons. The van der Waals surface area contributed by atoms with E-state index in [1.807, 2.05) is 35.9 Å². The maximum atomic E-state index is 4.54. The number of hydrogen-bond donors (Lipinski definition) is 1. The molecular weight excluding hydrogens is 212 g/mol. The van der Waals surface area contributed by atoms with E-state index in [1.54, 1.807) is 0 Å². The van der Waals surface area contributed by atoms with E-state index >= 15 is 0 Å². The molecule has 0 fully saturated rings. The van der Waals surface area contributed by atoms with Crippen molar-refractivity contribution in [2.24, 2.45) is 0 Å². The highest BCUT2D eigenvalue weighted by atomic mass is 15.4. The van der Waals surface area contributed by atoms with Gasteiger partial charge in [-0.15, -0.1) is 0 Å². The van der Waals surface area contributed by atoms with E-state index in [1.165, 1.54) is 5.56 Å². The van der Waals surface area contributed by atoms with Crippen LogP contribution in [0, 0.1) is 20.8 Å². The van der Waals surface area contributed by atoms with Gasteiger partial charge >= 0.3 is 0 Å². The second-order valence-electron chi connectivity index (χ2n) is 4.29. The number of aromatic amines is 1. The second kappa shape index (κ2) is 3.45. The number of aromatic nitrogens is 4. The first-order chi connectivity index (χ1) is 8.16. The highest BCUT2D eigenvalue weighted by Crippen LogP contribution is 2.17. The van der Waals surface area contributed by atoms with Gasteiger partial charge in [-0.2, -0.15) is 5.10 Å². The summed E-state index contributed by atoms with van der Waals surface area (Å²) in [5.74, 6) is 0.778. The Labute approximate surface area is 99.3 Å². The van der Waals surface area contributed by atoms with E-state index in [-0.39, 0.29) is 0 Å². The molecule has 1 aromatic carbocycles. The molecular formula is C13H14N4. The van der Waals surface area contributed by atoms with Gasteiger partial charge in [0.1, 0.15) is 0 Å². The molecule has 0 saturated carbocycles. The predicted molar refractivity (Wildman–Crippen MR) is 67.4 cm³/mol. The van der Waals surface area contributed by atoms with Gasteiger partial charge in [-0.1, -0.05) is 12.1 Å². The Kier molecular flexibility index (Phi) is 2.04. The minimum atomic E-state index is 0.778. The molecule has 2 aromatic heterocycles. The minimum absolute atomic E-state index is 0.778. The van der Waals surface area contributed by atoms with Gasteiger partial charge in [0.05, 0.1) is 16.7 Å². The van der Waals surface area contributed by atoms with Crippen molar-refractivity contribution >= 4 is 11.0 Å². The smallest absolute Gasteiger partial charge is 0.229 e. The lowest BCUT2D eigenvalue weighted by Crippen LogP contribution is -2.01. The maximum Gasteiger partial charge on any atom is 0.229 e. The number of benzene rings is 1. The monoisotopic (exact) mass is 226 g/mol. The fraction of sp³-hybridized carbons (Fsp3) is 0.231. The number of hydrogen-bond acceptors (Lipinski definition) is 2. The summed E-state index contributed by atoms with van der Waals surface area (Å²) in [5, 5.41) is 4.50. The Balaban J connectivity index is 2.23. The number of H-pyrrole nitrogens is 1. The Morgan fingerprint density at radius 2 is 1.88 bits per heavy atom. The Morgan fingerprint density at radius 3 is 2.53 bits per heavy atom. The van der Waals surface area contributed by atoms with Crippen molar-refractivity contribution < 1.29 is 0 Å². The number of imidazole rings is 1. The third-order valence-corrected chi connectivity index (χ3v) is 3.23. The average Bonchev–Trinajstić information content (AvgIpc) is 2.86. The van der Waals surface area contributed by atoms with Crippen LogP contribution in [0.4, 0.5) is 0 Å². The molecule has 0 atom stereocenters. The lowest BCUT2D eigenvalue weighted by molar-refractivity contribution is 0.790. The van der Waals surface area contributed by atoms with Crippen LogP contribution in [0.3, 0.4) is 0 Å². The predicted octanol–water partition coefficient (Wildman–Crippen LogP) is 2.67. The SMILES string of the molecule is Cc1nn(-c2nc3ccccc3[nH]2)c(C)c1C. The van der Waals surface area contributed by atoms with E-state index in [4.69, 9.17) is 0 Å². The number of nitrogens with one attached hydrogen (secondary N) is 1. The maximum absolute atomic E-state index is 4.54. The Hall–Kier alpha value is -2.10. The first kappa shape index (κ1) is 10.1. The Morgan fingerprint density at radius 1 is 1.12 bits per heavy atom. The van der Waals surface area contributed by atoms with Gasteiger partial charge < -0.3 is 4.98 Å². The molecule has 0 aliphatic rings. The zero-order chi connectivity index (χ0) is 12.0. The van der Waals surface area contributed by atoms with Crippen LogP contribution in [0.25, 0.3) is 17.0 Å². The lowest BCUT2D eigenvalue weighted by atomic mass is 10.2. The van der Waals surface area contributed by atoms with Crippen LogP contribution >= 0.6 is 0 Å². The second-order valence-corrected chi connectivity index (χ2v) is 4.29. The molecule has 17 heavy (non-hydrogen) atoms. The third kappa shape index (κ3) is 1.45. The molecule has 0 radical (unpaired) electrons. The molecule has 4 heteroatoms. The summed E-state index contributed by atoms with van der Waals surface area (Å²) in [6.07, 6.45) is 0. The molecule has 1 N–H and O–H groups in total. The molecule has 0 bridgehead atoms. The van der Waals surface area contributed by atoms with Crippen molar-refractivity contribution in [3.05, 3.63) is 41.2 Å². The number of nitrogens with zero attached hydrogens (tertiary/aromatic N) is 3. The molecule has 0 amide bonds. The Bertz CT molecular complexity index is 658. The molecule has 3 aromatic rings. The van der Waals surface area contributed by atoms with Crippen molar-refractivity contribution in [2.75, 3.05) is 0 Å². The van der Waals surface area contributed by atoms with Crippen LogP contribution in [0.1, 0.15) is 17.0 Å². The van der Waals surface area contributed by atoms with E-state index in [0.29, 0.717) is 0 Å². The number of para-hydroxylation sites is 2. The van der Waals surface area contributed by atoms with Crippen molar-refractivity contribution in [3.8, 4) is 5.95 Å². The van der Waals surface area contributed by atoms with E-state index in [0.717, 1.165) is 28.4 Å². The number of fused-ring (bicyclic) bond motifs is 1. The summed E-state index contributed by atoms with van der Waals surface area (Å²) in [6, 6.07) is 7.99. The van der Waals surface area contributed by atoms with Crippen LogP contribution < -0.4 is 0 Å². The molecule has 2 heterocycles. The van der Waals surface area contributed by atoms with Gasteiger partial charge in [-0.3, -0.25) is 0 Å². The standard InChI is InChI=1S/C13H14N4/c1-8-9(2)16-17(10(8)3)13-14-11-6-4-5-7-12(11)15-13/h4-7H,1-3H3,(H,14,15). The van der Waals surface area contributed by atoms with E-state index in [9.17, 15) is 0 Å². The molecule has 0 unspecified atom stereocenters. The zero-order valence-electron chi connectivity index (χ0n) is 10.2. The summed E-state index contributed by atoms with van der Waals surface area (Å²) >= 11 is 0. The summed E-state index contributed by atoms with van der Waals surface area (Å²) < 4.78 is 1.87. The minimum Gasteiger partial charge on any atom is -0.322 e. The zero-order valence-corrected chi connectivity index (χ0v) is 10.2. The van der Waals surface area contributed by atoms with Gasteiger partial charge in [0.15, 0.2) is 0 Å². The molecule has 3 rings (SSSR count). The van der Waals surface area contributed by atoms with Crippen LogP contribution in [0.2, 0.25) is 0 Å². The molecule has 0 saturated heterocycles. The highest BCUT2D eigenvalue weighted by molar-refractivity contribution is 5.75. The molecule has 0 aliphatic carbocycles. The quantitative estimate of drug-likeness (QED) is 0.693. The topological polar surface area (TPSA) is 46.5 Å². The third-order valence-electron chi connectivity index (χ3n) is 3.23. The van der Waals surface area contributed by atoms with Crippen molar-refractivity contribution in [3.63, 3.8) is 0 Å². The molecule has 4 nitrogen and oxygen atoms in total. The van der Waals surface area contributed by atoms with Crippen molar-refractivity contribution in [1.29, 1.82) is 0 Å². The summed E-state index contributed by atoms with van der Waals surface area (Å²) in [4.78, 5) is 7.83. The normalized spacial score (nSPS) is 11.2. The van der Waals surface area contributed by atoms with Crippen LogP contribution in [0.15, 0.2) is 24.3 Å². The summed E-state index contributed by atoms with van der Waals surface area (Å²) in [7, 11) is 0. The fourth-order valence-electron chi connectivity index (χ4n) is 1.97. The van der Waals surface area contributed by atoms with Gasteiger partial charge in [-0.25, -0.2) is 9.67 Å². The molecule has 0 spiro atoms. The van der Waals surface area contributed by atoms with Crippen molar-refractivity contribution in [2.45, 2.75) is 20.8 Å². The lowest BCUT2D eigenvalue weighted by Gasteiger charge is -1.98. The molecule has 0 aliphatic heterocycles. The fourth-order valence-corrected chi connectivity index (χ4v) is 1.97. The van der Waals surface area contributed by atoms with Gasteiger partial charge in [0.25, 0.3) is 0 Å². The van der Waals surface area contributed by atoms with Gasteiger partial charge in [0, 0.05) is 5.69 Å².